The second-order valence-electron chi connectivity index (χ2n) is 6.22. The number of carbonyl (C=O) groups excluding carboxylic acids is 1. The predicted octanol–water partition coefficient (Wildman–Crippen LogP) is 3.25. The van der Waals surface area contributed by atoms with Gasteiger partial charge in [-0.15, -0.1) is 10.2 Å². The van der Waals surface area contributed by atoms with Gasteiger partial charge in [0.2, 0.25) is 0 Å². The quantitative estimate of drug-likeness (QED) is 0.373. The summed E-state index contributed by atoms with van der Waals surface area (Å²) in [6.07, 6.45) is 0. The summed E-state index contributed by atoms with van der Waals surface area (Å²) in [6.45, 7) is 2.24. The Hall–Kier alpha value is -3.20. The van der Waals surface area contributed by atoms with E-state index in [1.54, 1.807) is 24.3 Å². The zero-order chi connectivity index (χ0) is 20.1. The fourth-order valence-corrected chi connectivity index (χ4v) is 3.34. The molecular weight excluding hydrogens is 378 g/mol. The normalized spacial score (nSPS) is 10.6. The van der Waals surface area contributed by atoms with Crippen LogP contribution in [0.3, 0.4) is 0 Å². The molecule has 144 valence electrons. The zero-order valence-electron chi connectivity index (χ0n) is 15.5. The third-order valence-electron chi connectivity index (χ3n) is 4.16. The Balaban J connectivity index is 1.56. The van der Waals surface area contributed by atoms with E-state index >= 15 is 0 Å². The lowest BCUT2D eigenvalue weighted by molar-refractivity contribution is -0.384. The minimum Gasteiger partial charge on any atom is -0.345 e. The maximum Gasteiger partial charge on any atom is 0.269 e. The Morgan fingerprint density at radius 1 is 1.14 bits per heavy atom. The number of amides is 1. The van der Waals surface area contributed by atoms with Crippen LogP contribution in [0.5, 0.6) is 0 Å². The number of nitrogens with zero attached hydrogens (tertiary/aromatic N) is 4. The number of aromatic nitrogens is 3. The molecule has 0 saturated heterocycles. The predicted molar refractivity (Wildman–Crippen MR) is 106 cm³/mol. The molecule has 1 heterocycles. The van der Waals surface area contributed by atoms with E-state index in [1.165, 1.54) is 23.9 Å². The van der Waals surface area contributed by atoms with Crippen LogP contribution < -0.4 is 5.32 Å². The van der Waals surface area contributed by atoms with Crippen LogP contribution in [0.2, 0.25) is 0 Å². The van der Waals surface area contributed by atoms with Crippen molar-refractivity contribution in [1.29, 1.82) is 0 Å². The van der Waals surface area contributed by atoms with E-state index in [0.717, 1.165) is 11.1 Å². The minimum atomic E-state index is -0.420. The fraction of sp³-hybridized carbons (Fsp3) is 0.211. The fourth-order valence-electron chi connectivity index (χ4n) is 2.45. The summed E-state index contributed by atoms with van der Waals surface area (Å²) in [5.74, 6) is 1.09. The number of non-ortho nitro benzene ring substituents is 1. The number of hydrogen-bond donors (Lipinski definition) is 1. The first-order valence-electron chi connectivity index (χ1n) is 8.53. The summed E-state index contributed by atoms with van der Waals surface area (Å²) in [4.78, 5) is 22.5. The summed E-state index contributed by atoms with van der Waals surface area (Å²) in [7, 11) is 1.84. The number of carbonyl (C=O) groups is 1. The molecule has 0 atom stereocenters. The van der Waals surface area contributed by atoms with Crippen molar-refractivity contribution >= 4 is 23.4 Å². The maximum atomic E-state index is 12.2. The average Bonchev–Trinajstić information content (AvgIpc) is 3.05. The molecular formula is C19H19N5O3S. The molecule has 0 aliphatic carbocycles. The highest BCUT2D eigenvalue weighted by Crippen LogP contribution is 2.22. The van der Waals surface area contributed by atoms with Gasteiger partial charge < -0.3 is 9.88 Å². The first kappa shape index (κ1) is 19.6. The van der Waals surface area contributed by atoms with Crippen LogP contribution in [0.1, 0.15) is 27.3 Å². The third kappa shape index (κ3) is 4.74. The maximum absolute atomic E-state index is 12.2. The summed E-state index contributed by atoms with van der Waals surface area (Å²) in [6, 6.07) is 13.8. The molecule has 1 aromatic heterocycles. The monoisotopic (exact) mass is 397 g/mol. The Kier molecular flexibility index (Phi) is 6.05. The van der Waals surface area contributed by atoms with E-state index in [-0.39, 0.29) is 18.1 Å². The van der Waals surface area contributed by atoms with E-state index in [0.29, 0.717) is 22.3 Å². The molecule has 28 heavy (non-hydrogen) atoms. The van der Waals surface area contributed by atoms with Crippen LogP contribution in [0.25, 0.3) is 0 Å². The number of hydrogen-bond acceptors (Lipinski definition) is 6. The van der Waals surface area contributed by atoms with Gasteiger partial charge in [-0.05, 0) is 24.6 Å². The molecule has 3 aromatic rings. The van der Waals surface area contributed by atoms with Crippen molar-refractivity contribution in [3.8, 4) is 0 Å². The lowest BCUT2D eigenvalue weighted by Gasteiger charge is -2.06. The second kappa shape index (κ2) is 8.66. The Labute approximate surface area is 166 Å². The summed E-state index contributed by atoms with van der Waals surface area (Å²) in [5, 5.41) is 22.5. The van der Waals surface area contributed by atoms with Crippen molar-refractivity contribution in [2.75, 3.05) is 0 Å². The molecule has 0 radical (unpaired) electrons. The first-order valence-corrected chi connectivity index (χ1v) is 9.52. The van der Waals surface area contributed by atoms with Crippen LogP contribution in [-0.2, 0) is 19.3 Å². The summed E-state index contributed by atoms with van der Waals surface area (Å²) < 4.78 is 1.82. The number of rotatable bonds is 7. The number of benzene rings is 2. The van der Waals surface area contributed by atoms with Crippen LogP contribution in [-0.4, -0.2) is 25.6 Å². The molecule has 9 heteroatoms. The smallest absolute Gasteiger partial charge is 0.269 e. The molecule has 2 aromatic carbocycles. The highest BCUT2D eigenvalue weighted by molar-refractivity contribution is 7.98. The molecule has 0 aliphatic rings. The second-order valence-corrected chi connectivity index (χ2v) is 7.16. The SMILES string of the molecule is Cc1ccc(C(=O)NCc2nnc(SCc3ccc([N+](=O)[O-])cc3)n2C)cc1. The molecule has 3 rings (SSSR count). The minimum absolute atomic E-state index is 0.0685. The van der Waals surface area contributed by atoms with Crippen molar-refractivity contribution < 1.29 is 9.72 Å². The molecule has 0 saturated carbocycles. The van der Waals surface area contributed by atoms with E-state index < -0.39 is 4.92 Å². The van der Waals surface area contributed by atoms with Crippen molar-refractivity contribution in [2.45, 2.75) is 24.4 Å². The van der Waals surface area contributed by atoms with E-state index in [4.69, 9.17) is 0 Å². The molecule has 8 nitrogen and oxygen atoms in total. The molecule has 0 aliphatic heterocycles. The summed E-state index contributed by atoms with van der Waals surface area (Å²) in [5.41, 5.74) is 2.71. The highest BCUT2D eigenvalue weighted by atomic mass is 32.2. The van der Waals surface area contributed by atoms with E-state index in [1.807, 2.05) is 30.7 Å². The van der Waals surface area contributed by atoms with Gasteiger partial charge in [0.15, 0.2) is 11.0 Å². The van der Waals surface area contributed by atoms with Crippen LogP contribution in [0.15, 0.2) is 53.7 Å². The molecule has 1 amide bonds. The Bertz CT molecular complexity index is 984. The van der Waals surface area contributed by atoms with E-state index in [2.05, 4.69) is 15.5 Å². The van der Waals surface area contributed by atoms with Gasteiger partial charge in [-0.3, -0.25) is 14.9 Å². The first-order chi connectivity index (χ1) is 13.4. The molecule has 1 N–H and O–H groups in total. The average molecular weight is 397 g/mol. The van der Waals surface area contributed by atoms with Crippen molar-refractivity contribution in [3.63, 3.8) is 0 Å². The van der Waals surface area contributed by atoms with Gasteiger partial charge in [-0.1, -0.05) is 41.6 Å². The number of nitro benzene ring substituents is 1. The molecule has 0 spiro atoms. The number of aryl methyl sites for hydroxylation is 1. The molecule has 0 fully saturated rings. The standard InChI is InChI=1S/C19H19N5O3S/c1-13-3-7-15(8-4-13)18(25)20-11-17-21-22-19(23(17)2)28-12-14-5-9-16(10-6-14)24(26)27/h3-10H,11-12H2,1-2H3,(H,20,25). The van der Waals surface area contributed by atoms with Crippen LogP contribution >= 0.6 is 11.8 Å². The third-order valence-corrected chi connectivity index (χ3v) is 5.25. The number of nitro groups is 1. The van der Waals surface area contributed by atoms with Gasteiger partial charge >= 0.3 is 0 Å². The van der Waals surface area contributed by atoms with Gasteiger partial charge in [0.05, 0.1) is 11.5 Å². The van der Waals surface area contributed by atoms with Gasteiger partial charge in [-0.2, -0.15) is 0 Å². The summed E-state index contributed by atoms with van der Waals surface area (Å²) >= 11 is 1.47. The Morgan fingerprint density at radius 3 is 2.46 bits per heavy atom. The van der Waals surface area contributed by atoms with Gasteiger partial charge in [0.25, 0.3) is 11.6 Å². The molecule has 0 unspecified atom stereocenters. The Morgan fingerprint density at radius 2 is 1.82 bits per heavy atom. The van der Waals surface area contributed by atoms with E-state index in [9.17, 15) is 14.9 Å². The largest absolute Gasteiger partial charge is 0.345 e. The number of nitrogens with one attached hydrogen (secondary N) is 1. The van der Waals surface area contributed by atoms with Gasteiger partial charge in [0, 0.05) is 30.5 Å². The van der Waals surface area contributed by atoms with Gasteiger partial charge in [0.1, 0.15) is 0 Å². The zero-order valence-corrected chi connectivity index (χ0v) is 16.3. The highest BCUT2D eigenvalue weighted by Gasteiger charge is 2.12. The van der Waals surface area contributed by atoms with Crippen molar-refractivity contribution in [3.05, 3.63) is 81.2 Å². The van der Waals surface area contributed by atoms with Crippen molar-refractivity contribution in [1.82, 2.24) is 20.1 Å². The topological polar surface area (TPSA) is 103 Å². The van der Waals surface area contributed by atoms with Crippen LogP contribution in [0, 0.1) is 17.0 Å². The number of thioether (sulfide) groups is 1. The molecule has 0 bridgehead atoms. The van der Waals surface area contributed by atoms with Crippen LogP contribution in [0.4, 0.5) is 5.69 Å². The van der Waals surface area contributed by atoms with Crippen molar-refractivity contribution in [2.24, 2.45) is 7.05 Å². The lowest BCUT2D eigenvalue weighted by atomic mass is 10.1. The van der Waals surface area contributed by atoms with Gasteiger partial charge in [-0.25, -0.2) is 0 Å². The lowest BCUT2D eigenvalue weighted by Crippen LogP contribution is -2.24.